The molecule has 3 aromatic carbocycles. The van der Waals surface area contributed by atoms with Crippen molar-refractivity contribution >= 4 is 31.3 Å². The summed E-state index contributed by atoms with van der Waals surface area (Å²) in [7, 11) is -1.44. The second-order valence-electron chi connectivity index (χ2n) is 17.4. The van der Waals surface area contributed by atoms with E-state index in [0.29, 0.717) is 37.5 Å². The molecule has 24 heteroatoms. The van der Waals surface area contributed by atoms with Gasteiger partial charge in [-0.05, 0) is 94.9 Å². The summed E-state index contributed by atoms with van der Waals surface area (Å²) in [5.41, 5.74) is 1.38. The van der Waals surface area contributed by atoms with Gasteiger partial charge in [0, 0.05) is 61.5 Å². The Balaban J connectivity index is 0.886. The van der Waals surface area contributed by atoms with Crippen molar-refractivity contribution in [1.29, 1.82) is 0 Å². The van der Waals surface area contributed by atoms with Crippen LogP contribution in [-0.4, -0.2) is 135 Å². The van der Waals surface area contributed by atoms with E-state index in [4.69, 9.17) is 33.5 Å². The fraction of sp³-hybridized carbons (Fsp3) is 0.478. The molecule has 0 bridgehead atoms. The zero-order valence-electron chi connectivity index (χ0n) is 39.3. The van der Waals surface area contributed by atoms with Crippen LogP contribution >= 0.6 is 7.82 Å². The highest BCUT2D eigenvalue weighted by atomic mass is 31.2. The number of likely N-dealkylation sites (N-methyl/N-ethyl adjacent to an activating group) is 1. The average Bonchev–Trinajstić information content (AvgIpc) is 4.08. The lowest BCUT2D eigenvalue weighted by molar-refractivity contribution is -0.174. The van der Waals surface area contributed by atoms with E-state index in [9.17, 15) is 23.3 Å². The maximum atomic E-state index is 15.1. The van der Waals surface area contributed by atoms with Gasteiger partial charge >= 0.3 is 25.6 Å². The molecular formula is C46H58F2N9O12P. The predicted molar refractivity (Wildman–Crippen MR) is 248 cm³/mol. The molecule has 70 heavy (non-hydrogen) atoms. The number of ether oxygens (including phenoxy) is 5. The van der Waals surface area contributed by atoms with Crippen molar-refractivity contribution in [2.24, 2.45) is 5.92 Å². The van der Waals surface area contributed by atoms with E-state index >= 15 is 4.39 Å². The lowest BCUT2D eigenvalue weighted by Crippen LogP contribution is -2.46. The number of halogens is 2. The predicted octanol–water partition coefficient (Wildman–Crippen LogP) is 5.05. The molecule has 2 aromatic heterocycles. The fourth-order valence-corrected chi connectivity index (χ4v) is 8.98. The van der Waals surface area contributed by atoms with E-state index in [-0.39, 0.29) is 44.0 Å². The molecule has 0 aliphatic carbocycles. The van der Waals surface area contributed by atoms with Gasteiger partial charge in [0.1, 0.15) is 48.1 Å². The highest BCUT2D eigenvalue weighted by Gasteiger charge is 2.45. The Morgan fingerprint density at radius 1 is 0.929 bits per heavy atom. The summed E-state index contributed by atoms with van der Waals surface area (Å²) >= 11 is 0. The first-order valence-electron chi connectivity index (χ1n) is 22.8. The molecule has 2 aliphatic rings. The summed E-state index contributed by atoms with van der Waals surface area (Å²) in [6, 6.07) is 18.3. The van der Waals surface area contributed by atoms with Crippen LogP contribution in [0.15, 0.2) is 90.5 Å². The minimum Gasteiger partial charge on any atom is -0.493 e. The third-order valence-corrected chi connectivity index (χ3v) is 12.5. The number of esters is 1. The summed E-state index contributed by atoms with van der Waals surface area (Å²) in [5, 5.41) is 8.52. The maximum Gasteiger partial charge on any atom is 0.511 e. The van der Waals surface area contributed by atoms with E-state index in [1.807, 2.05) is 48.5 Å². The van der Waals surface area contributed by atoms with Crippen molar-refractivity contribution in [3.05, 3.63) is 113 Å². The van der Waals surface area contributed by atoms with Gasteiger partial charge in [-0.15, -0.1) is 0 Å². The Labute approximate surface area is 402 Å². The number of hydrogen-bond donors (Lipinski definition) is 2. The summed E-state index contributed by atoms with van der Waals surface area (Å²) in [5.74, 6) is -1.41. The van der Waals surface area contributed by atoms with E-state index in [0.717, 1.165) is 43.6 Å². The van der Waals surface area contributed by atoms with Crippen molar-refractivity contribution in [1.82, 2.24) is 34.0 Å². The molecule has 2 N–H and O–H groups in total. The number of carbonyl (C=O) groups is 2. The number of benzene rings is 3. The Morgan fingerprint density at radius 3 is 2.21 bits per heavy atom. The molecule has 7 rings (SSSR count). The Kier molecular flexibility index (Phi) is 17.1. The van der Waals surface area contributed by atoms with Crippen molar-refractivity contribution in [2.45, 2.75) is 70.1 Å². The van der Waals surface area contributed by atoms with Crippen LogP contribution in [0.4, 0.5) is 25.0 Å². The van der Waals surface area contributed by atoms with Gasteiger partial charge in [0.25, 0.3) is 6.29 Å². The van der Waals surface area contributed by atoms with E-state index < -0.39 is 61.3 Å². The standard InChI is InChI=1S/C46H58F2N9O12P/c1-5-41(32(2)67-45(60)69-43(68-42(58)25-52(3)4)7-6-22-66-70(61,62)63)57-44(59)56(31-51-57)37-11-9-35(10-12-37)53-18-20-54(21-19-53)36-13-15-38(16-14-36)64-26-33-24-46(65-27-33,28-55-30-49-29-50-55)39-17-8-34(47)23-40(39)48/h8-17,23,29-33,41,43H,5-7,18-22,24-28H2,1-4H3,(H2,61,62,63)/t32-,33+,41-,43?,46-/m0/s1. The number of hydrogen-bond acceptors (Lipinski definition) is 16. The summed E-state index contributed by atoms with van der Waals surface area (Å²) < 4.78 is 77.0. The van der Waals surface area contributed by atoms with Gasteiger partial charge < -0.3 is 43.3 Å². The van der Waals surface area contributed by atoms with Crippen LogP contribution in [0.5, 0.6) is 5.75 Å². The minimum absolute atomic E-state index is 0.0202. The molecule has 1 unspecified atom stereocenters. The number of carbonyl (C=O) groups excluding carboxylic acids is 2. The van der Waals surface area contributed by atoms with Crippen molar-refractivity contribution < 1.29 is 60.9 Å². The van der Waals surface area contributed by atoms with Gasteiger partial charge in [-0.25, -0.2) is 41.8 Å². The van der Waals surface area contributed by atoms with Gasteiger partial charge in [-0.3, -0.25) is 14.2 Å². The number of piperazine rings is 1. The van der Waals surface area contributed by atoms with Crippen LogP contribution < -0.4 is 20.2 Å². The Hall–Kier alpha value is -6.23. The Bertz CT molecular complexity index is 2610. The smallest absolute Gasteiger partial charge is 0.493 e. The van der Waals surface area contributed by atoms with Gasteiger partial charge in [-0.1, -0.05) is 13.0 Å². The number of rotatable bonds is 22. The number of phosphoric ester groups is 1. The molecule has 4 heterocycles. The molecule has 21 nitrogen and oxygen atoms in total. The Morgan fingerprint density at radius 2 is 1.60 bits per heavy atom. The molecule has 0 amide bonds. The number of anilines is 2. The second-order valence-corrected chi connectivity index (χ2v) is 18.6. The molecule has 0 radical (unpaired) electrons. The maximum absolute atomic E-state index is 15.1. The van der Waals surface area contributed by atoms with Crippen LogP contribution in [-0.2, 0) is 45.0 Å². The largest absolute Gasteiger partial charge is 0.511 e. The first kappa shape index (κ1) is 51.6. The molecule has 0 saturated carbocycles. The lowest BCUT2D eigenvalue weighted by atomic mass is 9.87. The van der Waals surface area contributed by atoms with Crippen LogP contribution in [0.3, 0.4) is 0 Å². The molecule has 2 fully saturated rings. The molecule has 5 atom stereocenters. The first-order chi connectivity index (χ1) is 33.5. The number of phosphoric acid groups is 1. The quantitative estimate of drug-likeness (QED) is 0.0400. The molecule has 2 aliphatic heterocycles. The summed E-state index contributed by atoms with van der Waals surface area (Å²) in [6.45, 7) is 6.81. The van der Waals surface area contributed by atoms with Gasteiger partial charge in [-0.2, -0.15) is 10.2 Å². The first-order valence-corrected chi connectivity index (χ1v) is 24.3. The van der Waals surface area contributed by atoms with Gasteiger partial charge in [0.15, 0.2) is 0 Å². The minimum atomic E-state index is -4.72. The van der Waals surface area contributed by atoms with Crippen LogP contribution in [0.25, 0.3) is 5.69 Å². The second kappa shape index (κ2) is 23.1. The molecule has 378 valence electrons. The van der Waals surface area contributed by atoms with Crippen LogP contribution in [0.1, 0.15) is 51.1 Å². The van der Waals surface area contributed by atoms with Gasteiger partial charge in [0.2, 0.25) is 0 Å². The zero-order chi connectivity index (χ0) is 50.0. The third kappa shape index (κ3) is 13.5. The van der Waals surface area contributed by atoms with E-state index in [1.54, 1.807) is 37.5 Å². The van der Waals surface area contributed by atoms with Crippen molar-refractivity contribution in [3.8, 4) is 11.4 Å². The van der Waals surface area contributed by atoms with E-state index in [1.165, 1.54) is 40.4 Å². The normalized spacial score (nSPS) is 18.7. The summed E-state index contributed by atoms with van der Waals surface area (Å²) in [4.78, 5) is 66.9. The van der Waals surface area contributed by atoms with Crippen molar-refractivity contribution in [2.75, 3.05) is 76.4 Å². The highest BCUT2D eigenvalue weighted by molar-refractivity contribution is 7.46. The van der Waals surface area contributed by atoms with Crippen LogP contribution in [0.2, 0.25) is 0 Å². The fourth-order valence-electron chi connectivity index (χ4n) is 8.61. The van der Waals surface area contributed by atoms with E-state index in [2.05, 4.69) is 29.5 Å². The van der Waals surface area contributed by atoms with Gasteiger partial charge in [0.05, 0.1) is 44.6 Å². The average molecular weight is 998 g/mol. The monoisotopic (exact) mass is 997 g/mol. The third-order valence-electron chi connectivity index (χ3n) is 12.0. The topological polar surface area (TPSA) is 227 Å². The SMILES string of the molecule is CC[C@@H]([C@H](C)OC(=O)OC(CCCOP(=O)(O)O)OC(=O)CN(C)C)n1ncn(-c2ccc(N3CCN(c4ccc(OC[C@@H]5CO[C@@](Cn6cncn6)(c6ccc(F)cc6F)C5)cc4)CC3)cc2)c1=O. The summed E-state index contributed by atoms with van der Waals surface area (Å²) in [6.07, 6.45) is 1.45. The zero-order valence-corrected chi connectivity index (χ0v) is 40.2. The highest BCUT2D eigenvalue weighted by Crippen LogP contribution is 2.42. The number of aromatic nitrogens is 6. The number of nitrogens with zero attached hydrogens (tertiary/aromatic N) is 9. The lowest BCUT2D eigenvalue weighted by Gasteiger charge is -2.37. The molecular weight excluding hydrogens is 940 g/mol. The molecule has 5 aromatic rings. The van der Waals surface area contributed by atoms with Crippen LogP contribution in [0, 0.1) is 17.6 Å². The van der Waals surface area contributed by atoms with Crippen molar-refractivity contribution in [3.63, 3.8) is 0 Å². The molecule has 0 spiro atoms. The molecule has 2 saturated heterocycles.